The van der Waals surface area contributed by atoms with E-state index in [1.54, 1.807) is 7.11 Å². The molecular formula is C13H20BrNO3. The van der Waals surface area contributed by atoms with Crippen LogP contribution in [-0.4, -0.2) is 33.5 Å². The van der Waals surface area contributed by atoms with Gasteiger partial charge < -0.3 is 19.9 Å². The minimum absolute atomic E-state index is 0.0630. The molecule has 1 aromatic rings. The topological polar surface area (TPSA) is 53.7 Å². The first kappa shape index (κ1) is 15.4. The molecule has 0 aliphatic carbocycles. The van der Waals surface area contributed by atoms with Crippen molar-refractivity contribution in [1.29, 1.82) is 0 Å². The van der Waals surface area contributed by atoms with Gasteiger partial charge in [-0.05, 0) is 25.1 Å². The average molecular weight is 318 g/mol. The monoisotopic (exact) mass is 317 g/mol. The first-order valence-corrected chi connectivity index (χ1v) is 6.69. The first-order chi connectivity index (χ1) is 8.65. The van der Waals surface area contributed by atoms with Gasteiger partial charge in [0.15, 0.2) is 0 Å². The molecule has 4 nitrogen and oxygen atoms in total. The maximum atomic E-state index is 5.90. The average Bonchev–Trinajstić information content (AvgIpc) is 2.35. The molecule has 0 saturated heterocycles. The van der Waals surface area contributed by atoms with Crippen molar-refractivity contribution in [3.63, 3.8) is 0 Å². The van der Waals surface area contributed by atoms with Crippen molar-refractivity contribution in [2.45, 2.75) is 13.0 Å². The number of nitrogens with two attached hydrogens (primary N) is 1. The third kappa shape index (κ3) is 5.35. The number of methoxy groups -OCH3 is 1. The highest BCUT2D eigenvalue weighted by molar-refractivity contribution is 9.10. The van der Waals surface area contributed by atoms with E-state index in [2.05, 4.69) is 15.9 Å². The third-order valence-corrected chi connectivity index (χ3v) is 2.87. The second kappa shape index (κ2) is 8.48. The Kier molecular flexibility index (Phi) is 7.27. The summed E-state index contributed by atoms with van der Waals surface area (Å²) in [5.74, 6) is 0.809. The molecule has 102 valence electrons. The lowest BCUT2D eigenvalue weighted by Crippen LogP contribution is -2.12. The minimum atomic E-state index is -0.0630. The molecule has 0 spiro atoms. The zero-order valence-corrected chi connectivity index (χ0v) is 12.4. The van der Waals surface area contributed by atoms with Gasteiger partial charge >= 0.3 is 0 Å². The second-order valence-corrected chi connectivity index (χ2v) is 4.84. The Bertz CT molecular complexity index is 358. The fourth-order valence-corrected chi connectivity index (χ4v) is 1.84. The minimum Gasteiger partial charge on any atom is -0.491 e. The molecule has 0 aliphatic heterocycles. The molecule has 5 heteroatoms. The van der Waals surface area contributed by atoms with Crippen LogP contribution >= 0.6 is 15.9 Å². The van der Waals surface area contributed by atoms with E-state index in [-0.39, 0.29) is 6.04 Å². The molecule has 0 heterocycles. The van der Waals surface area contributed by atoms with Gasteiger partial charge in [0, 0.05) is 23.2 Å². The summed E-state index contributed by atoms with van der Waals surface area (Å²) >= 11 is 3.43. The highest BCUT2D eigenvalue weighted by Crippen LogP contribution is 2.27. The van der Waals surface area contributed by atoms with Crippen LogP contribution in [-0.2, 0) is 9.47 Å². The maximum absolute atomic E-state index is 5.90. The normalized spacial score (nSPS) is 12.4. The third-order valence-electron chi connectivity index (χ3n) is 2.38. The smallest absolute Gasteiger partial charge is 0.124 e. The lowest BCUT2D eigenvalue weighted by atomic mass is 10.1. The van der Waals surface area contributed by atoms with E-state index in [1.807, 2.05) is 25.1 Å². The zero-order valence-electron chi connectivity index (χ0n) is 10.8. The zero-order chi connectivity index (χ0) is 13.4. The predicted octanol–water partition coefficient (Wildman–Crippen LogP) is 2.51. The summed E-state index contributed by atoms with van der Waals surface area (Å²) in [5, 5.41) is 0. The lowest BCUT2D eigenvalue weighted by Gasteiger charge is -2.14. The fourth-order valence-electron chi connectivity index (χ4n) is 1.46. The van der Waals surface area contributed by atoms with Gasteiger partial charge in [-0.1, -0.05) is 15.9 Å². The van der Waals surface area contributed by atoms with Crippen LogP contribution in [0.15, 0.2) is 22.7 Å². The van der Waals surface area contributed by atoms with Crippen molar-refractivity contribution in [1.82, 2.24) is 0 Å². The van der Waals surface area contributed by atoms with Crippen LogP contribution in [0.5, 0.6) is 5.75 Å². The summed E-state index contributed by atoms with van der Waals surface area (Å²) in [7, 11) is 1.65. The molecule has 2 N–H and O–H groups in total. The van der Waals surface area contributed by atoms with E-state index in [0.29, 0.717) is 26.4 Å². The molecule has 0 bridgehead atoms. The van der Waals surface area contributed by atoms with Gasteiger partial charge in [-0.3, -0.25) is 0 Å². The van der Waals surface area contributed by atoms with Crippen molar-refractivity contribution in [2.75, 3.05) is 33.5 Å². The van der Waals surface area contributed by atoms with Crippen molar-refractivity contribution in [2.24, 2.45) is 5.73 Å². The number of ether oxygens (including phenoxy) is 3. The summed E-state index contributed by atoms with van der Waals surface area (Å²) < 4.78 is 16.9. The van der Waals surface area contributed by atoms with E-state index in [0.717, 1.165) is 15.8 Å². The molecule has 0 radical (unpaired) electrons. The Morgan fingerprint density at radius 1 is 1.22 bits per heavy atom. The Balaban J connectivity index is 2.42. The maximum Gasteiger partial charge on any atom is 0.124 e. The summed E-state index contributed by atoms with van der Waals surface area (Å²) in [6.45, 7) is 4.16. The van der Waals surface area contributed by atoms with Crippen LogP contribution in [0.3, 0.4) is 0 Å². The van der Waals surface area contributed by atoms with Crippen molar-refractivity contribution in [3.8, 4) is 5.75 Å². The van der Waals surface area contributed by atoms with Gasteiger partial charge in [0.1, 0.15) is 12.4 Å². The molecule has 0 aliphatic rings. The molecule has 0 aromatic heterocycles. The van der Waals surface area contributed by atoms with Gasteiger partial charge in [0.05, 0.1) is 19.8 Å². The number of rotatable bonds is 8. The van der Waals surface area contributed by atoms with E-state index in [9.17, 15) is 0 Å². The van der Waals surface area contributed by atoms with Crippen molar-refractivity contribution >= 4 is 15.9 Å². The molecule has 0 unspecified atom stereocenters. The Morgan fingerprint density at radius 2 is 1.94 bits per heavy atom. The molecule has 0 amide bonds. The number of halogens is 1. The van der Waals surface area contributed by atoms with Crippen LogP contribution in [0, 0.1) is 0 Å². The van der Waals surface area contributed by atoms with Gasteiger partial charge in [-0.15, -0.1) is 0 Å². The Labute approximate surface area is 117 Å². The van der Waals surface area contributed by atoms with E-state index in [4.69, 9.17) is 19.9 Å². The molecule has 0 fully saturated rings. The van der Waals surface area contributed by atoms with Crippen LogP contribution in [0.25, 0.3) is 0 Å². The summed E-state index contributed by atoms with van der Waals surface area (Å²) in [5.41, 5.74) is 6.89. The van der Waals surface area contributed by atoms with Gasteiger partial charge in [0.25, 0.3) is 0 Å². The van der Waals surface area contributed by atoms with Crippen LogP contribution in [0.1, 0.15) is 18.5 Å². The quantitative estimate of drug-likeness (QED) is 0.748. The molecule has 1 atom stereocenters. The van der Waals surface area contributed by atoms with Crippen molar-refractivity contribution in [3.05, 3.63) is 28.2 Å². The summed E-state index contributed by atoms with van der Waals surface area (Å²) in [6.07, 6.45) is 0. The highest BCUT2D eigenvalue weighted by Gasteiger charge is 2.08. The second-order valence-electron chi connectivity index (χ2n) is 3.92. The lowest BCUT2D eigenvalue weighted by molar-refractivity contribution is 0.0542. The van der Waals surface area contributed by atoms with E-state index >= 15 is 0 Å². The number of benzene rings is 1. The molecule has 1 aromatic carbocycles. The number of hydrogen-bond acceptors (Lipinski definition) is 4. The SMILES string of the molecule is COCCOCCOc1ccc(Br)cc1[C@H](C)N. The standard InChI is InChI=1S/C13H20BrNO3/c1-10(15)12-9-11(14)3-4-13(12)18-8-7-17-6-5-16-2/h3-4,9-10H,5-8,15H2,1-2H3/t10-/m0/s1. The van der Waals surface area contributed by atoms with Gasteiger partial charge in [-0.2, -0.15) is 0 Å². The Morgan fingerprint density at radius 3 is 2.61 bits per heavy atom. The van der Waals surface area contributed by atoms with Gasteiger partial charge in [0.2, 0.25) is 0 Å². The number of hydrogen-bond donors (Lipinski definition) is 1. The molecule has 18 heavy (non-hydrogen) atoms. The highest BCUT2D eigenvalue weighted by atomic mass is 79.9. The van der Waals surface area contributed by atoms with Crippen molar-refractivity contribution < 1.29 is 14.2 Å². The van der Waals surface area contributed by atoms with Gasteiger partial charge in [-0.25, -0.2) is 0 Å². The van der Waals surface area contributed by atoms with E-state index < -0.39 is 0 Å². The summed E-state index contributed by atoms with van der Waals surface area (Å²) in [6, 6.07) is 5.77. The van der Waals surface area contributed by atoms with E-state index in [1.165, 1.54) is 0 Å². The fraction of sp³-hybridized carbons (Fsp3) is 0.538. The molecular weight excluding hydrogens is 298 g/mol. The van der Waals surface area contributed by atoms with Crippen LogP contribution < -0.4 is 10.5 Å². The van der Waals surface area contributed by atoms with Crippen LogP contribution in [0.4, 0.5) is 0 Å². The molecule has 1 rings (SSSR count). The van der Waals surface area contributed by atoms with Crippen LogP contribution in [0.2, 0.25) is 0 Å². The molecule has 0 saturated carbocycles. The first-order valence-electron chi connectivity index (χ1n) is 5.89. The predicted molar refractivity (Wildman–Crippen MR) is 74.9 cm³/mol. The Hall–Kier alpha value is -0.620. The largest absolute Gasteiger partial charge is 0.491 e. The summed E-state index contributed by atoms with van der Waals surface area (Å²) in [4.78, 5) is 0.